The van der Waals surface area contributed by atoms with Crippen molar-refractivity contribution < 1.29 is 14.9 Å². The largest absolute Gasteiger partial charge is 0.489 e. The maximum Gasteiger partial charge on any atom is 0.142 e. The van der Waals surface area contributed by atoms with Crippen LogP contribution in [0.15, 0.2) is 24.3 Å². The van der Waals surface area contributed by atoms with E-state index in [1.807, 2.05) is 38.1 Å². The summed E-state index contributed by atoms with van der Waals surface area (Å²) in [6.45, 7) is 3.96. The van der Waals surface area contributed by atoms with Crippen LogP contribution in [0.25, 0.3) is 0 Å². The van der Waals surface area contributed by atoms with Gasteiger partial charge >= 0.3 is 0 Å². The van der Waals surface area contributed by atoms with Crippen molar-refractivity contribution in [2.75, 3.05) is 18.5 Å². The quantitative estimate of drug-likeness (QED) is 0.677. The van der Waals surface area contributed by atoms with Gasteiger partial charge in [-0.3, -0.25) is 0 Å². The Hall–Kier alpha value is -1.26. The van der Waals surface area contributed by atoms with Gasteiger partial charge in [-0.15, -0.1) is 0 Å². The summed E-state index contributed by atoms with van der Waals surface area (Å²) in [4.78, 5) is 0. The van der Waals surface area contributed by atoms with Crippen LogP contribution in [-0.2, 0) is 0 Å². The molecule has 1 aromatic carbocycles. The fraction of sp³-hybridized carbons (Fsp3) is 0.538. The van der Waals surface area contributed by atoms with Crippen LogP contribution in [0.1, 0.15) is 20.3 Å². The number of hydrogen-bond acceptors (Lipinski definition) is 4. The van der Waals surface area contributed by atoms with Gasteiger partial charge in [0.05, 0.1) is 24.4 Å². The molecule has 1 unspecified atom stereocenters. The second kappa shape index (κ2) is 7.14. The SMILES string of the molecule is CC(C)Oc1ccccc1NC(CO)CCO. The average Bonchev–Trinajstić information content (AvgIpc) is 2.30. The van der Waals surface area contributed by atoms with Gasteiger partial charge in [0.1, 0.15) is 5.75 Å². The number of nitrogens with one attached hydrogen (secondary N) is 1. The Morgan fingerprint density at radius 2 is 1.94 bits per heavy atom. The first-order valence-corrected chi connectivity index (χ1v) is 5.91. The van der Waals surface area contributed by atoms with Crippen molar-refractivity contribution in [3.05, 3.63) is 24.3 Å². The Bertz CT molecular complexity index is 328. The highest BCUT2D eigenvalue weighted by Crippen LogP contribution is 2.25. The summed E-state index contributed by atoms with van der Waals surface area (Å²) in [5, 5.41) is 21.2. The normalized spacial score (nSPS) is 12.5. The monoisotopic (exact) mass is 239 g/mol. The van der Waals surface area contributed by atoms with E-state index >= 15 is 0 Å². The van der Waals surface area contributed by atoms with Crippen LogP contribution in [0.5, 0.6) is 5.75 Å². The topological polar surface area (TPSA) is 61.7 Å². The molecule has 1 aromatic rings. The predicted octanol–water partition coefficient (Wildman–Crippen LogP) is 1.63. The Morgan fingerprint density at radius 3 is 2.53 bits per heavy atom. The summed E-state index contributed by atoms with van der Waals surface area (Å²) in [5.74, 6) is 0.763. The summed E-state index contributed by atoms with van der Waals surface area (Å²) < 4.78 is 5.66. The Kier molecular flexibility index (Phi) is 5.80. The maximum absolute atomic E-state index is 9.18. The fourth-order valence-corrected chi connectivity index (χ4v) is 1.53. The summed E-state index contributed by atoms with van der Waals surface area (Å²) >= 11 is 0. The third kappa shape index (κ3) is 4.63. The zero-order valence-electron chi connectivity index (χ0n) is 10.4. The number of rotatable bonds is 7. The molecule has 96 valence electrons. The van der Waals surface area contributed by atoms with Gasteiger partial charge in [0.15, 0.2) is 0 Å². The van der Waals surface area contributed by atoms with Crippen LogP contribution < -0.4 is 10.1 Å². The number of hydrogen-bond donors (Lipinski definition) is 3. The highest BCUT2D eigenvalue weighted by atomic mass is 16.5. The first-order chi connectivity index (χ1) is 8.17. The maximum atomic E-state index is 9.18. The van der Waals surface area contributed by atoms with Gasteiger partial charge in [0, 0.05) is 6.61 Å². The second-order valence-electron chi connectivity index (χ2n) is 4.20. The molecule has 0 heterocycles. The van der Waals surface area contributed by atoms with Crippen molar-refractivity contribution >= 4 is 5.69 Å². The highest BCUT2D eigenvalue weighted by Gasteiger charge is 2.10. The number of para-hydroxylation sites is 2. The molecule has 17 heavy (non-hydrogen) atoms. The fourth-order valence-electron chi connectivity index (χ4n) is 1.53. The van der Waals surface area contributed by atoms with E-state index in [0.29, 0.717) is 6.42 Å². The van der Waals surface area contributed by atoms with Crippen LogP contribution in [0.4, 0.5) is 5.69 Å². The van der Waals surface area contributed by atoms with E-state index < -0.39 is 0 Å². The molecular formula is C13H21NO3. The molecule has 0 bridgehead atoms. The molecule has 1 atom stereocenters. The zero-order chi connectivity index (χ0) is 12.7. The molecule has 0 radical (unpaired) electrons. The number of aliphatic hydroxyl groups is 2. The van der Waals surface area contributed by atoms with Crippen molar-refractivity contribution in [2.24, 2.45) is 0 Å². The van der Waals surface area contributed by atoms with Crippen LogP contribution >= 0.6 is 0 Å². The third-order valence-corrected chi connectivity index (χ3v) is 2.31. The molecule has 0 fully saturated rings. The molecule has 0 amide bonds. The molecule has 0 aliphatic carbocycles. The van der Waals surface area contributed by atoms with Gasteiger partial charge in [-0.2, -0.15) is 0 Å². The number of anilines is 1. The van der Waals surface area contributed by atoms with Crippen LogP contribution in [0, 0.1) is 0 Å². The lowest BCUT2D eigenvalue weighted by molar-refractivity contribution is 0.226. The lowest BCUT2D eigenvalue weighted by Crippen LogP contribution is -2.25. The molecule has 1 rings (SSSR count). The number of ether oxygens (including phenoxy) is 1. The summed E-state index contributed by atoms with van der Waals surface area (Å²) in [7, 11) is 0. The smallest absolute Gasteiger partial charge is 0.142 e. The van der Waals surface area contributed by atoms with Crippen molar-refractivity contribution in [1.29, 1.82) is 0 Å². The van der Waals surface area contributed by atoms with Gasteiger partial charge in [-0.05, 0) is 32.4 Å². The summed E-state index contributed by atoms with van der Waals surface area (Å²) in [6, 6.07) is 7.44. The predicted molar refractivity (Wildman–Crippen MR) is 68.4 cm³/mol. The van der Waals surface area contributed by atoms with Gasteiger partial charge in [-0.1, -0.05) is 12.1 Å². The summed E-state index contributed by atoms with van der Waals surface area (Å²) in [5.41, 5.74) is 0.841. The van der Waals surface area contributed by atoms with Gasteiger partial charge in [-0.25, -0.2) is 0 Å². The molecule has 3 N–H and O–H groups in total. The van der Waals surface area contributed by atoms with Crippen molar-refractivity contribution in [3.8, 4) is 5.75 Å². The molecular weight excluding hydrogens is 218 g/mol. The third-order valence-electron chi connectivity index (χ3n) is 2.31. The van der Waals surface area contributed by atoms with E-state index in [2.05, 4.69) is 5.32 Å². The van der Waals surface area contributed by atoms with E-state index in [1.165, 1.54) is 0 Å². The van der Waals surface area contributed by atoms with Crippen LogP contribution in [0.3, 0.4) is 0 Å². The number of aliphatic hydroxyl groups excluding tert-OH is 2. The standard InChI is InChI=1S/C13H21NO3/c1-10(2)17-13-6-4-3-5-12(13)14-11(9-16)7-8-15/h3-6,10-11,14-16H,7-9H2,1-2H3. The molecule has 0 aliphatic rings. The molecule has 4 heteroatoms. The minimum absolute atomic E-state index is 0.0173. The lowest BCUT2D eigenvalue weighted by atomic mass is 10.2. The van der Waals surface area contributed by atoms with Gasteiger partial charge in [0.2, 0.25) is 0 Å². The molecule has 0 saturated heterocycles. The first kappa shape index (κ1) is 13.8. The van der Waals surface area contributed by atoms with Crippen molar-refractivity contribution in [3.63, 3.8) is 0 Å². The Morgan fingerprint density at radius 1 is 1.24 bits per heavy atom. The highest BCUT2D eigenvalue weighted by molar-refractivity contribution is 5.56. The lowest BCUT2D eigenvalue weighted by Gasteiger charge is -2.20. The zero-order valence-corrected chi connectivity index (χ0v) is 10.4. The van der Waals surface area contributed by atoms with E-state index in [4.69, 9.17) is 9.84 Å². The van der Waals surface area contributed by atoms with E-state index in [-0.39, 0.29) is 25.4 Å². The molecule has 0 aromatic heterocycles. The summed E-state index contributed by atoms with van der Waals surface area (Å²) in [6.07, 6.45) is 0.607. The van der Waals surface area contributed by atoms with Gasteiger partial charge < -0.3 is 20.3 Å². The van der Waals surface area contributed by atoms with Crippen LogP contribution in [0.2, 0.25) is 0 Å². The first-order valence-electron chi connectivity index (χ1n) is 5.91. The Labute approximate surface area is 102 Å². The van der Waals surface area contributed by atoms with Crippen LogP contribution in [-0.4, -0.2) is 35.6 Å². The molecule has 0 saturated carbocycles. The Balaban J connectivity index is 2.74. The van der Waals surface area contributed by atoms with Gasteiger partial charge in [0.25, 0.3) is 0 Å². The van der Waals surface area contributed by atoms with Crippen molar-refractivity contribution in [1.82, 2.24) is 0 Å². The molecule has 4 nitrogen and oxygen atoms in total. The number of benzene rings is 1. The minimum Gasteiger partial charge on any atom is -0.489 e. The average molecular weight is 239 g/mol. The van der Waals surface area contributed by atoms with E-state index in [1.54, 1.807) is 0 Å². The molecule has 0 aliphatic heterocycles. The van der Waals surface area contributed by atoms with Crippen molar-refractivity contribution in [2.45, 2.75) is 32.4 Å². The van der Waals surface area contributed by atoms with E-state index in [9.17, 15) is 5.11 Å². The second-order valence-corrected chi connectivity index (χ2v) is 4.20. The minimum atomic E-state index is -0.156. The van der Waals surface area contributed by atoms with E-state index in [0.717, 1.165) is 11.4 Å². The molecule has 0 spiro atoms.